The minimum absolute atomic E-state index is 0.188. The lowest BCUT2D eigenvalue weighted by molar-refractivity contribution is -0.134. The largest absolute Gasteiger partial charge is 0.423 e. The summed E-state index contributed by atoms with van der Waals surface area (Å²) in [5, 5.41) is 0. The van der Waals surface area contributed by atoms with E-state index in [0.717, 1.165) is 18.2 Å². The molecule has 3 rings (SSSR count). The lowest BCUT2D eigenvalue weighted by atomic mass is 10.2. The molecule has 2 aliphatic rings. The molecule has 1 aromatic rings. The zero-order chi connectivity index (χ0) is 16.6. The van der Waals surface area contributed by atoms with Crippen LogP contribution in [0.25, 0.3) is 0 Å². The van der Waals surface area contributed by atoms with E-state index < -0.39 is 12.3 Å². The molecule has 0 bridgehead atoms. The average Bonchev–Trinajstić information content (AvgIpc) is 3.15. The molecule has 2 fully saturated rings. The van der Waals surface area contributed by atoms with Crippen molar-refractivity contribution in [1.82, 2.24) is 4.90 Å². The normalized spacial score (nSPS) is 20.8. The second-order valence-corrected chi connectivity index (χ2v) is 6.59. The Morgan fingerprint density at radius 1 is 1.48 bits per heavy atom. The predicted octanol–water partition coefficient (Wildman–Crippen LogP) is 2.10. The summed E-state index contributed by atoms with van der Waals surface area (Å²) in [5.74, 6) is 1.20. The van der Waals surface area contributed by atoms with E-state index in [0.29, 0.717) is 11.4 Å². The zero-order valence-corrected chi connectivity index (χ0v) is 13.8. The summed E-state index contributed by atoms with van der Waals surface area (Å²) >= 11 is 1.76. The molecule has 1 aromatic carbocycles. The van der Waals surface area contributed by atoms with Crippen molar-refractivity contribution in [3.05, 3.63) is 24.0 Å². The van der Waals surface area contributed by atoms with Crippen LogP contribution in [0.5, 0.6) is 0 Å². The van der Waals surface area contributed by atoms with Gasteiger partial charge in [0.15, 0.2) is 6.23 Å². The Bertz CT molecular complexity index is 636. The van der Waals surface area contributed by atoms with Crippen LogP contribution in [0.3, 0.4) is 0 Å². The summed E-state index contributed by atoms with van der Waals surface area (Å²) in [6.45, 7) is 2.41. The highest BCUT2D eigenvalue weighted by atomic mass is 32.2. The van der Waals surface area contributed by atoms with Gasteiger partial charge in [0, 0.05) is 26.3 Å². The number of carbonyl (C=O) groups is 2. The molecule has 2 aliphatic heterocycles. The van der Waals surface area contributed by atoms with Crippen LogP contribution in [0.4, 0.5) is 20.6 Å². The minimum atomic E-state index is -0.655. The molecule has 2 heterocycles. The van der Waals surface area contributed by atoms with E-state index in [1.165, 1.54) is 22.8 Å². The summed E-state index contributed by atoms with van der Waals surface area (Å²) in [5.41, 5.74) is 0.978. The highest BCUT2D eigenvalue weighted by Gasteiger charge is 2.36. The third-order valence-electron chi connectivity index (χ3n) is 4.06. The Labute approximate surface area is 138 Å². The Morgan fingerprint density at radius 2 is 2.26 bits per heavy atom. The molecule has 0 N–H and O–H groups in total. The van der Waals surface area contributed by atoms with E-state index >= 15 is 0 Å². The Kier molecular flexibility index (Phi) is 4.34. The maximum Gasteiger partial charge on any atom is 0.416 e. The summed E-state index contributed by atoms with van der Waals surface area (Å²) in [6, 6.07) is 4.74. The van der Waals surface area contributed by atoms with Gasteiger partial charge in [0.25, 0.3) is 0 Å². The average molecular weight is 339 g/mol. The lowest BCUT2D eigenvalue weighted by Gasteiger charge is -2.21. The fourth-order valence-electron chi connectivity index (χ4n) is 2.59. The number of rotatable bonds is 3. The topological polar surface area (TPSA) is 53.1 Å². The number of hydrogen-bond acceptors (Lipinski definition) is 5. The van der Waals surface area contributed by atoms with Gasteiger partial charge in [-0.1, -0.05) is 0 Å². The number of carbonyl (C=O) groups excluding carboxylic acids is 2. The Hall–Kier alpha value is -1.96. The van der Waals surface area contributed by atoms with Gasteiger partial charge in [0.2, 0.25) is 5.91 Å². The summed E-state index contributed by atoms with van der Waals surface area (Å²) < 4.78 is 19.5. The molecular weight excluding hydrogens is 321 g/mol. The van der Waals surface area contributed by atoms with E-state index in [1.54, 1.807) is 30.9 Å². The SMILES string of the molecule is CC(=O)N(C)C1CN(c2ccc(N3CCSC3)c(F)c2)C(=O)O1. The molecule has 0 aliphatic carbocycles. The fourth-order valence-corrected chi connectivity index (χ4v) is 3.55. The monoisotopic (exact) mass is 339 g/mol. The second-order valence-electron chi connectivity index (χ2n) is 5.52. The first-order valence-corrected chi connectivity index (χ1v) is 8.46. The molecule has 0 saturated carbocycles. The zero-order valence-electron chi connectivity index (χ0n) is 13.0. The van der Waals surface area contributed by atoms with Crippen molar-refractivity contribution >= 4 is 35.1 Å². The fraction of sp³-hybridized carbons (Fsp3) is 0.467. The van der Waals surface area contributed by atoms with Crippen molar-refractivity contribution in [2.24, 2.45) is 0 Å². The number of hydrogen-bond donors (Lipinski definition) is 0. The molecule has 0 aromatic heterocycles. The van der Waals surface area contributed by atoms with Gasteiger partial charge in [-0.3, -0.25) is 9.69 Å². The minimum Gasteiger partial charge on any atom is -0.423 e. The van der Waals surface area contributed by atoms with E-state index in [9.17, 15) is 14.0 Å². The van der Waals surface area contributed by atoms with E-state index in [2.05, 4.69) is 0 Å². The van der Waals surface area contributed by atoms with E-state index in [-0.39, 0.29) is 18.3 Å². The van der Waals surface area contributed by atoms with Gasteiger partial charge in [0.1, 0.15) is 5.82 Å². The van der Waals surface area contributed by atoms with Gasteiger partial charge < -0.3 is 14.5 Å². The molecule has 1 unspecified atom stereocenters. The number of amides is 2. The van der Waals surface area contributed by atoms with Crippen LogP contribution in [0.15, 0.2) is 18.2 Å². The van der Waals surface area contributed by atoms with Crippen molar-refractivity contribution in [3.8, 4) is 0 Å². The first-order valence-electron chi connectivity index (χ1n) is 7.31. The molecule has 2 saturated heterocycles. The maximum atomic E-state index is 14.4. The van der Waals surface area contributed by atoms with Gasteiger partial charge in [-0.15, -0.1) is 11.8 Å². The molecule has 1 atom stereocenters. The van der Waals surface area contributed by atoms with Crippen molar-refractivity contribution in [1.29, 1.82) is 0 Å². The summed E-state index contributed by atoms with van der Waals surface area (Å²) in [6.07, 6.45) is -1.23. The van der Waals surface area contributed by atoms with Crippen LogP contribution in [0, 0.1) is 5.82 Å². The summed E-state index contributed by atoms with van der Waals surface area (Å²) in [4.78, 5) is 28.0. The second kappa shape index (κ2) is 6.27. The maximum absolute atomic E-state index is 14.4. The number of likely N-dealkylation sites (N-methyl/N-ethyl adjacent to an activating group) is 1. The third-order valence-corrected chi connectivity index (χ3v) is 5.03. The highest BCUT2D eigenvalue weighted by Crippen LogP contribution is 2.30. The first-order chi connectivity index (χ1) is 11.0. The lowest BCUT2D eigenvalue weighted by Crippen LogP contribution is -2.38. The molecule has 2 amide bonds. The third kappa shape index (κ3) is 3.08. The van der Waals surface area contributed by atoms with Crippen LogP contribution in [-0.2, 0) is 9.53 Å². The number of halogens is 1. The highest BCUT2D eigenvalue weighted by molar-refractivity contribution is 7.99. The van der Waals surface area contributed by atoms with Crippen LogP contribution in [0.1, 0.15) is 6.92 Å². The number of anilines is 2. The molecule has 0 radical (unpaired) electrons. The van der Waals surface area contributed by atoms with Gasteiger partial charge in [-0.05, 0) is 18.2 Å². The molecule has 124 valence electrons. The van der Waals surface area contributed by atoms with Crippen molar-refractivity contribution in [3.63, 3.8) is 0 Å². The number of cyclic esters (lactones) is 1. The van der Waals surface area contributed by atoms with E-state index in [1.807, 2.05) is 4.90 Å². The van der Waals surface area contributed by atoms with Crippen molar-refractivity contribution < 1.29 is 18.7 Å². The van der Waals surface area contributed by atoms with Crippen LogP contribution >= 0.6 is 11.8 Å². The van der Waals surface area contributed by atoms with Gasteiger partial charge in [-0.2, -0.15) is 0 Å². The summed E-state index contributed by atoms with van der Waals surface area (Å²) in [7, 11) is 1.57. The van der Waals surface area contributed by atoms with Crippen LogP contribution in [0.2, 0.25) is 0 Å². The van der Waals surface area contributed by atoms with Gasteiger partial charge in [-0.25, -0.2) is 9.18 Å². The molecule has 0 spiro atoms. The number of benzene rings is 1. The van der Waals surface area contributed by atoms with Crippen LogP contribution < -0.4 is 9.80 Å². The first kappa shape index (κ1) is 15.9. The molecule has 8 heteroatoms. The smallest absolute Gasteiger partial charge is 0.416 e. The van der Waals surface area contributed by atoms with Crippen LogP contribution in [-0.4, -0.2) is 54.9 Å². The number of ether oxygens (including phenoxy) is 1. The molecule has 23 heavy (non-hydrogen) atoms. The van der Waals surface area contributed by atoms with Gasteiger partial charge in [0.05, 0.1) is 23.8 Å². The van der Waals surface area contributed by atoms with Gasteiger partial charge >= 0.3 is 6.09 Å². The number of nitrogens with zero attached hydrogens (tertiary/aromatic N) is 3. The quantitative estimate of drug-likeness (QED) is 0.844. The predicted molar refractivity (Wildman–Crippen MR) is 87.1 cm³/mol. The number of thioether (sulfide) groups is 1. The van der Waals surface area contributed by atoms with E-state index in [4.69, 9.17) is 4.74 Å². The Balaban J connectivity index is 1.78. The standard InChI is InChI=1S/C15H18FN3O3S/c1-10(20)17(2)14-8-19(15(21)22-14)11-3-4-13(12(16)7-11)18-5-6-23-9-18/h3-4,7,14H,5-6,8-9H2,1-2H3. The van der Waals surface area contributed by atoms with Crippen molar-refractivity contribution in [2.75, 3.05) is 41.6 Å². The van der Waals surface area contributed by atoms with Crippen molar-refractivity contribution in [2.45, 2.75) is 13.2 Å². The molecule has 6 nitrogen and oxygen atoms in total. The Morgan fingerprint density at radius 3 is 2.87 bits per heavy atom. The molecular formula is C15H18FN3O3S.